The van der Waals surface area contributed by atoms with Crippen molar-refractivity contribution in [2.24, 2.45) is 0 Å². The molecule has 1 rings (SSSR count). The Morgan fingerprint density at radius 1 is 1.21 bits per heavy atom. The number of rotatable bonds is 2. The quantitative estimate of drug-likeness (QED) is 0.685. The summed E-state index contributed by atoms with van der Waals surface area (Å²) >= 11 is 0. The average Bonchev–Trinajstić information content (AvgIpc) is 2.21. The molecule has 0 saturated carbocycles. The van der Waals surface area contributed by atoms with E-state index < -0.39 is 0 Å². The molecule has 1 fully saturated rings. The topological polar surface area (TPSA) is 30.5 Å². The van der Waals surface area contributed by atoms with Crippen LogP contribution in [0.1, 0.15) is 6.42 Å². The summed E-state index contributed by atoms with van der Waals surface area (Å²) < 4.78 is 10.4. The van der Waals surface area contributed by atoms with Gasteiger partial charge in [0.05, 0.1) is 13.2 Å². The highest BCUT2D eigenvalue weighted by atomic mass is 16.7. The van der Waals surface area contributed by atoms with Gasteiger partial charge in [-0.2, -0.15) is 0 Å². The smallest absolute Gasteiger partial charge is 0.279 e. The van der Waals surface area contributed by atoms with Crippen LogP contribution in [-0.2, 0) is 9.47 Å². The fourth-order valence-corrected chi connectivity index (χ4v) is 0.755. The first-order valence-electron chi connectivity index (χ1n) is 4.68. The maximum atomic E-state index is 5.18. The van der Waals surface area contributed by atoms with Crippen LogP contribution < -0.4 is 5.32 Å². The van der Waals surface area contributed by atoms with Crippen molar-refractivity contribution < 1.29 is 9.47 Å². The van der Waals surface area contributed by atoms with E-state index in [1.165, 1.54) is 0 Å². The summed E-state index contributed by atoms with van der Waals surface area (Å²) in [5.74, 6) is 0.606. The predicted molar refractivity (Wildman–Crippen MR) is 58.9 cm³/mol. The molecule has 0 aliphatic carbocycles. The van der Waals surface area contributed by atoms with Crippen LogP contribution in [0.4, 0.5) is 0 Å². The molecule has 0 amide bonds. The Labute approximate surface area is 86.1 Å². The molecule has 0 radical (unpaired) electrons. The molecule has 1 heterocycles. The first-order valence-corrected chi connectivity index (χ1v) is 4.68. The van der Waals surface area contributed by atoms with Crippen LogP contribution in [0.25, 0.3) is 0 Å². The predicted octanol–water partition coefficient (Wildman–Crippen LogP) is 1.84. The molecule has 0 aromatic carbocycles. The van der Waals surface area contributed by atoms with Crippen LogP contribution >= 0.6 is 0 Å². The third kappa shape index (κ3) is 7.43. The molecule has 0 atom stereocenters. The van der Waals surface area contributed by atoms with Gasteiger partial charge in [-0.1, -0.05) is 24.8 Å². The zero-order valence-corrected chi connectivity index (χ0v) is 8.95. The van der Waals surface area contributed by atoms with E-state index in [1.54, 1.807) is 12.2 Å². The highest BCUT2D eigenvalue weighted by Gasteiger charge is 2.03. The van der Waals surface area contributed by atoms with Crippen LogP contribution in [0.5, 0.6) is 0 Å². The summed E-state index contributed by atoms with van der Waals surface area (Å²) in [6.07, 6.45) is 8.14. The molecule has 0 aromatic rings. The summed E-state index contributed by atoms with van der Waals surface area (Å²) in [6.45, 7) is 5.06. The van der Waals surface area contributed by atoms with E-state index in [1.807, 2.05) is 26.2 Å². The Kier molecular flexibility index (Phi) is 9.01. The lowest BCUT2D eigenvalue weighted by Crippen LogP contribution is -2.09. The van der Waals surface area contributed by atoms with Crippen molar-refractivity contribution in [2.45, 2.75) is 6.42 Å². The normalized spacial score (nSPS) is 14.9. The van der Waals surface area contributed by atoms with Crippen LogP contribution in [0.15, 0.2) is 36.8 Å². The number of ether oxygens (including phenoxy) is 2. The van der Waals surface area contributed by atoms with Gasteiger partial charge in [-0.05, 0) is 14.1 Å². The zero-order chi connectivity index (χ0) is 10.6. The van der Waals surface area contributed by atoms with Gasteiger partial charge in [0.15, 0.2) is 0 Å². The minimum atomic E-state index is 0.606. The van der Waals surface area contributed by atoms with Gasteiger partial charge in [-0.3, -0.25) is 0 Å². The zero-order valence-electron chi connectivity index (χ0n) is 8.95. The van der Waals surface area contributed by atoms with Crippen molar-refractivity contribution in [1.29, 1.82) is 0 Å². The molecule has 1 saturated heterocycles. The Balaban J connectivity index is 0.000000500. The second kappa shape index (κ2) is 9.86. The van der Waals surface area contributed by atoms with Gasteiger partial charge in [0.1, 0.15) is 0 Å². The van der Waals surface area contributed by atoms with Crippen LogP contribution in [-0.4, -0.2) is 27.3 Å². The van der Waals surface area contributed by atoms with Gasteiger partial charge >= 0.3 is 0 Å². The second-order valence-electron chi connectivity index (χ2n) is 2.66. The molecule has 1 N–H and O–H groups in total. The summed E-state index contributed by atoms with van der Waals surface area (Å²) in [6, 6.07) is 0. The van der Waals surface area contributed by atoms with E-state index in [2.05, 4.69) is 11.9 Å². The van der Waals surface area contributed by atoms with E-state index >= 15 is 0 Å². The average molecular weight is 197 g/mol. The Bertz CT molecular complexity index is 189. The first kappa shape index (κ1) is 12.8. The van der Waals surface area contributed by atoms with E-state index in [9.17, 15) is 0 Å². The van der Waals surface area contributed by atoms with E-state index in [4.69, 9.17) is 9.47 Å². The minimum absolute atomic E-state index is 0.606. The fraction of sp³-hybridized carbons (Fsp3) is 0.455. The lowest BCUT2D eigenvalue weighted by Gasteiger charge is -2.16. The standard InChI is InChI=1S/C9H12O2.C2H7N/c1-2-3-4-6-9-10-7-5-8-11-9;1-3-2/h2-4,6H,1,5,7-8H2;3H,1-2H3/b4-3-;. The molecule has 80 valence electrons. The Hall–Kier alpha value is -1.22. The highest BCUT2D eigenvalue weighted by molar-refractivity contribution is 5.09. The summed E-state index contributed by atoms with van der Waals surface area (Å²) in [7, 11) is 3.75. The van der Waals surface area contributed by atoms with Crippen molar-refractivity contribution in [2.75, 3.05) is 27.3 Å². The number of hydrogen-bond acceptors (Lipinski definition) is 3. The lowest BCUT2D eigenvalue weighted by atomic mass is 10.4. The minimum Gasteiger partial charge on any atom is -0.465 e. The molecular weight excluding hydrogens is 178 g/mol. The van der Waals surface area contributed by atoms with Crippen molar-refractivity contribution in [1.82, 2.24) is 5.32 Å². The fourth-order valence-electron chi connectivity index (χ4n) is 0.755. The molecule has 14 heavy (non-hydrogen) atoms. The molecule has 0 spiro atoms. The highest BCUT2D eigenvalue weighted by Crippen LogP contribution is 2.07. The first-order chi connectivity index (χ1) is 6.85. The monoisotopic (exact) mass is 197 g/mol. The molecule has 0 unspecified atom stereocenters. The SMILES string of the molecule is C=C/C=C\C=C1OCCCO1.CNC. The molecule has 0 bridgehead atoms. The van der Waals surface area contributed by atoms with Gasteiger partial charge in [0.2, 0.25) is 0 Å². The third-order valence-corrected chi connectivity index (χ3v) is 1.26. The molecule has 0 aromatic heterocycles. The molecule has 3 heteroatoms. The van der Waals surface area contributed by atoms with Crippen molar-refractivity contribution >= 4 is 0 Å². The van der Waals surface area contributed by atoms with Gasteiger partial charge in [0.25, 0.3) is 5.95 Å². The van der Waals surface area contributed by atoms with Gasteiger partial charge in [0, 0.05) is 12.5 Å². The molecule has 1 aliphatic rings. The van der Waals surface area contributed by atoms with Crippen molar-refractivity contribution in [3.8, 4) is 0 Å². The second-order valence-corrected chi connectivity index (χ2v) is 2.66. The van der Waals surface area contributed by atoms with E-state index in [0.29, 0.717) is 5.95 Å². The lowest BCUT2D eigenvalue weighted by molar-refractivity contribution is -0.0137. The number of hydrogen-bond donors (Lipinski definition) is 1. The van der Waals surface area contributed by atoms with E-state index in [0.717, 1.165) is 19.6 Å². The van der Waals surface area contributed by atoms with Crippen LogP contribution in [0.2, 0.25) is 0 Å². The Morgan fingerprint density at radius 2 is 1.79 bits per heavy atom. The molecular formula is C11H19NO2. The number of nitrogens with one attached hydrogen (secondary N) is 1. The maximum absolute atomic E-state index is 5.18. The van der Waals surface area contributed by atoms with E-state index in [-0.39, 0.29) is 0 Å². The largest absolute Gasteiger partial charge is 0.465 e. The van der Waals surface area contributed by atoms with Crippen molar-refractivity contribution in [3.63, 3.8) is 0 Å². The molecule has 3 nitrogen and oxygen atoms in total. The summed E-state index contributed by atoms with van der Waals surface area (Å²) in [5.41, 5.74) is 0. The van der Waals surface area contributed by atoms with Crippen LogP contribution in [0.3, 0.4) is 0 Å². The van der Waals surface area contributed by atoms with Gasteiger partial charge < -0.3 is 14.8 Å². The maximum Gasteiger partial charge on any atom is 0.279 e. The summed E-state index contributed by atoms with van der Waals surface area (Å²) in [5, 5.41) is 2.75. The van der Waals surface area contributed by atoms with Gasteiger partial charge in [-0.25, -0.2) is 0 Å². The van der Waals surface area contributed by atoms with Crippen LogP contribution in [0, 0.1) is 0 Å². The molecule has 1 aliphatic heterocycles. The summed E-state index contributed by atoms with van der Waals surface area (Å²) in [4.78, 5) is 0. The third-order valence-electron chi connectivity index (χ3n) is 1.26. The van der Waals surface area contributed by atoms with Crippen molar-refractivity contribution in [3.05, 3.63) is 36.8 Å². The Morgan fingerprint density at radius 3 is 2.29 bits per heavy atom. The number of allylic oxidation sites excluding steroid dienone is 4. The van der Waals surface area contributed by atoms with Gasteiger partial charge in [-0.15, -0.1) is 0 Å².